The van der Waals surface area contributed by atoms with Crippen LogP contribution in [0.25, 0.3) is 0 Å². The zero-order valence-electron chi connectivity index (χ0n) is 10.7. The van der Waals surface area contributed by atoms with Gasteiger partial charge in [0.2, 0.25) is 0 Å². The summed E-state index contributed by atoms with van der Waals surface area (Å²) in [5, 5.41) is 15.1. The van der Waals surface area contributed by atoms with E-state index in [1.54, 1.807) is 24.3 Å². The third kappa shape index (κ3) is 5.45. The smallest absolute Gasteiger partial charge is 0.267 e. The lowest BCUT2D eigenvalue weighted by Gasteiger charge is -2.05. The van der Waals surface area contributed by atoms with Crippen LogP contribution in [0, 0.1) is 11.3 Å². The van der Waals surface area contributed by atoms with E-state index in [1.807, 2.05) is 6.07 Å². The quantitative estimate of drug-likeness (QED) is 0.477. The molecule has 0 aliphatic carbocycles. The summed E-state index contributed by atoms with van der Waals surface area (Å²) >= 11 is 5.75. The molecule has 1 aromatic carbocycles. The summed E-state index contributed by atoms with van der Waals surface area (Å²) in [5.74, 6) is -0.436. The Balaban J connectivity index is 2.59. The molecule has 5 heteroatoms. The third-order valence-corrected chi connectivity index (χ3v) is 2.64. The van der Waals surface area contributed by atoms with Gasteiger partial charge in [-0.3, -0.25) is 4.79 Å². The molecule has 0 heterocycles. The van der Waals surface area contributed by atoms with E-state index in [9.17, 15) is 4.79 Å². The molecule has 0 aromatic heterocycles. The van der Waals surface area contributed by atoms with Gasteiger partial charge in [0.15, 0.2) is 0 Å². The number of anilines is 1. The first-order valence-electron chi connectivity index (χ1n) is 6.08. The van der Waals surface area contributed by atoms with Gasteiger partial charge in [-0.2, -0.15) is 5.26 Å². The SMILES string of the molecule is CCCCN/C=C(/C#N)C(=O)Nc1ccc(Cl)cc1. The molecule has 0 spiro atoms. The summed E-state index contributed by atoms with van der Waals surface area (Å²) in [6.07, 6.45) is 3.49. The first-order chi connectivity index (χ1) is 9.17. The molecule has 1 amide bonds. The average molecular weight is 278 g/mol. The fraction of sp³-hybridized carbons (Fsp3) is 0.286. The summed E-state index contributed by atoms with van der Waals surface area (Å²) in [6, 6.07) is 8.58. The molecule has 0 radical (unpaired) electrons. The Hall–Kier alpha value is -1.99. The van der Waals surface area contributed by atoms with Crippen molar-refractivity contribution >= 4 is 23.2 Å². The van der Waals surface area contributed by atoms with Crippen LogP contribution in [0.3, 0.4) is 0 Å². The second kappa shape index (κ2) is 8.17. The molecule has 0 bridgehead atoms. The molecule has 0 fully saturated rings. The van der Waals surface area contributed by atoms with Crippen LogP contribution in [0.15, 0.2) is 36.0 Å². The van der Waals surface area contributed by atoms with Crippen molar-refractivity contribution in [2.75, 3.05) is 11.9 Å². The summed E-state index contributed by atoms with van der Waals surface area (Å²) in [6.45, 7) is 2.82. The van der Waals surface area contributed by atoms with Gasteiger partial charge in [0, 0.05) is 23.5 Å². The third-order valence-electron chi connectivity index (χ3n) is 2.39. The van der Waals surface area contributed by atoms with Crippen LogP contribution in [0.4, 0.5) is 5.69 Å². The topological polar surface area (TPSA) is 64.9 Å². The van der Waals surface area contributed by atoms with Crippen molar-refractivity contribution in [1.82, 2.24) is 5.32 Å². The van der Waals surface area contributed by atoms with Crippen LogP contribution in [0.2, 0.25) is 5.02 Å². The molecule has 100 valence electrons. The van der Waals surface area contributed by atoms with Gasteiger partial charge in [-0.05, 0) is 30.7 Å². The van der Waals surface area contributed by atoms with Crippen molar-refractivity contribution < 1.29 is 4.79 Å². The highest BCUT2D eigenvalue weighted by atomic mass is 35.5. The van der Waals surface area contributed by atoms with Crippen molar-refractivity contribution in [2.45, 2.75) is 19.8 Å². The summed E-state index contributed by atoms with van der Waals surface area (Å²) in [4.78, 5) is 11.8. The Labute approximate surface area is 118 Å². The lowest BCUT2D eigenvalue weighted by atomic mass is 10.2. The number of halogens is 1. The highest BCUT2D eigenvalue weighted by molar-refractivity contribution is 6.30. The normalized spacial score (nSPS) is 10.7. The van der Waals surface area contributed by atoms with E-state index in [4.69, 9.17) is 16.9 Å². The van der Waals surface area contributed by atoms with Crippen LogP contribution in [-0.2, 0) is 4.79 Å². The van der Waals surface area contributed by atoms with Gasteiger partial charge in [-0.25, -0.2) is 0 Å². The number of rotatable bonds is 6. The van der Waals surface area contributed by atoms with E-state index in [2.05, 4.69) is 17.6 Å². The number of amides is 1. The maximum Gasteiger partial charge on any atom is 0.267 e. The fourth-order valence-electron chi connectivity index (χ4n) is 1.33. The largest absolute Gasteiger partial charge is 0.390 e. The van der Waals surface area contributed by atoms with E-state index in [0.29, 0.717) is 10.7 Å². The predicted molar refractivity (Wildman–Crippen MR) is 76.7 cm³/mol. The van der Waals surface area contributed by atoms with Crippen molar-refractivity contribution in [3.63, 3.8) is 0 Å². The summed E-state index contributed by atoms with van der Waals surface area (Å²) in [5.41, 5.74) is 0.648. The van der Waals surface area contributed by atoms with Gasteiger partial charge in [0.25, 0.3) is 5.91 Å². The molecule has 0 aliphatic rings. The molecular weight excluding hydrogens is 262 g/mol. The molecule has 0 saturated heterocycles. The van der Waals surface area contributed by atoms with Crippen LogP contribution in [-0.4, -0.2) is 12.5 Å². The Kier molecular flexibility index (Phi) is 6.48. The second-order valence-corrected chi connectivity index (χ2v) is 4.37. The number of carbonyl (C=O) groups is 1. The van der Waals surface area contributed by atoms with Crippen molar-refractivity contribution in [3.8, 4) is 6.07 Å². The van der Waals surface area contributed by atoms with Crippen LogP contribution in [0.1, 0.15) is 19.8 Å². The molecule has 19 heavy (non-hydrogen) atoms. The van der Waals surface area contributed by atoms with E-state index in [0.717, 1.165) is 19.4 Å². The molecule has 2 N–H and O–H groups in total. The standard InChI is InChI=1S/C14H16ClN3O/c1-2-3-8-17-10-11(9-16)14(19)18-13-6-4-12(15)5-7-13/h4-7,10,17H,2-3,8H2,1H3,(H,18,19)/b11-10-. The molecule has 4 nitrogen and oxygen atoms in total. The number of unbranched alkanes of at least 4 members (excludes halogenated alkanes) is 1. The van der Waals surface area contributed by atoms with Crippen LogP contribution >= 0.6 is 11.6 Å². The van der Waals surface area contributed by atoms with Crippen molar-refractivity contribution in [2.24, 2.45) is 0 Å². The summed E-state index contributed by atoms with van der Waals surface area (Å²) < 4.78 is 0. The van der Waals surface area contributed by atoms with Crippen LogP contribution in [0.5, 0.6) is 0 Å². The Bertz CT molecular complexity index is 488. The molecule has 1 aromatic rings. The monoisotopic (exact) mass is 277 g/mol. The highest BCUT2D eigenvalue weighted by Crippen LogP contribution is 2.13. The predicted octanol–water partition coefficient (Wildman–Crippen LogP) is 3.08. The van der Waals surface area contributed by atoms with Crippen molar-refractivity contribution in [3.05, 3.63) is 41.1 Å². The lowest BCUT2D eigenvalue weighted by molar-refractivity contribution is -0.112. The minimum atomic E-state index is -0.436. The fourth-order valence-corrected chi connectivity index (χ4v) is 1.46. The van der Waals surface area contributed by atoms with E-state index in [1.165, 1.54) is 6.20 Å². The molecule has 1 rings (SSSR count). The van der Waals surface area contributed by atoms with Gasteiger partial charge in [0.1, 0.15) is 11.6 Å². The van der Waals surface area contributed by atoms with Crippen LogP contribution < -0.4 is 10.6 Å². The first kappa shape index (κ1) is 15.1. The zero-order chi connectivity index (χ0) is 14.1. The number of benzene rings is 1. The number of hydrogen-bond acceptors (Lipinski definition) is 3. The number of nitrogens with zero attached hydrogens (tertiary/aromatic N) is 1. The average Bonchev–Trinajstić information content (AvgIpc) is 2.41. The summed E-state index contributed by atoms with van der Waals surface area (Å²) in [7, 11) is 0. The van der Waals surface area contributed by atoms with Gasteiger partial charge in [0.05, 0.1) is 0 Å². The second-order valence-electron chi connectivity index (χ2n) is 3.94. The maximum absolute atomic E-state index is 11.8. The van der Waals surface area contributed by atoms with E-state index in [-0.39, 0.29) is 5.57 Å². The maximum atomic E-state index is 11.8. The van der Waals surface area contributed by atoms with E-state index < -0.39 is 5.91 Å². The first-order valence-corrected chi connectivity index (χ1v) is 6.45. The van der Waals surface area contributed by atoms with Gasteiger partial charge >= 0.3 is 0 Å². The number of hydrogen-bond donors (Lipinski definition) is 2. The highest BCUT2D eigenvalue weighted by Gasteiger charge is 2.08. The Morgan fingerprint density at radius 2 is 2.11 bits per heavy atom. The van der Waals surface area contributed by atoms with Gasteiger partial charge in [-0.15, -0.1) is 0 Å². The Morgan fingerprint density at radius 3 is 2.68 bits per heavy atom. The number of nitriles is 1. The lowest BCUT2D eigenvalue weighted by Crippen LogP contribution is -2.17. The molecule has 0 atom stereocenters. The zero-order valence-corrected chi connectivity index (χ0v) is 11.5. The molecule has 0 saturated carbocycles. The number of carbonyl (C=O) groups excluding carboxylic acids is 1. The van der Waals surface area contributed by atoms with Gasteiger partial charge < -0.3 is 10.6 Å². The minimum absolute atomic E-state index is 0.0473. The van der Waals surface area contributed by atoms with Gasteiger partial charge in [-0.1, -0.05) is 24.9 Å². The molecule has 0 aliphatic heterocycles. The van der Waals surface area contributed by atoms with Crippen molar-refractivity contribution in [1.29, 1.82) is 5.26 Å². The minimum Gasteiger partial charge on any atom is -0.390 e. The molecular formula is C14H16ClN3O. The number of nitrogens with one attached hydrogen (secondary N) is 2. The molecule has 0 unspecified atom stereocenters. The van der Waals surface area contributed by atoms with E-state index >= 15 is 0 Å². The Morgan fingerprint density at radius 1 is 1.42 bits per heavy atom.